The third kappa shape index (κ3) is 3.25. The van der Waals surface area contributed by atoms with Crippen molar-refractivity contribution in [3.63, 3.8) is 0 Å². The molecule has 158 valence electrons. The standard InChI is InChI=1S/C22H27N5O3/c1-13-20(14(2)30-25-13)15-4-5-19-18(12-15)23-21(17-8-11-29-22(28)24-17)27(19)16-6-9-26(3)10-7-16/h4-5,12,16-17H,6-11H2,1-3H3,(H,24,28)/t17-/m0/s1. The van der Waals surface area contributed by atoms with Gasteiger partial charge in [0.1, 0.15) is 11.6 Å². The molecule has 2 saturated heterocycles. The lowest BCUT2D eigenvalue weighted by Gasteiger charge is -2.33. The van der Waals surface area contributed by atoms with Crippen molar-refractivity contribution < 1.29 is 14.1 Å². The van der Waals surface area contributed by atoms with Crippen LogP contribution in [0.4, 0.5) is 4.79 Å². The molecule has 1 amide bonds. The highest BCUT2D eigenvalue weighted by atomic mass is 16.5. The van der Waals surface area contributed by atoms with E-state index in [1.54, 1.807) is 0 Å². The van der Waals surface area contributed by atoms with Gasteiger partial charge in [-0.3, -0.25) is 0 Å². The third-order valence-corrected chi connectivity index (χ3v) is 6.34. The first-order valence-electron chi connectivity index (χ1n) is 10.6. The molecule has 0 bridgehead atoms. The van der Waals surface area contributed by atoms with E-state index in [1.165, 1.54) is 0 Å². The number of cyclic esters (lactones) is 1. The van der Waals surface area contributed by atoms with Gasteiger partial charge in [0.15, 0.2) is 0 Å². The van der Waals surface area contributed by atoms with Gasteiger partial charge < -0.3 is 24.0 Å². The highest BCUT2D eigenvalue weighted by Crippen LogP contribution is 2.35. The average Bonchev–Trinajstić information content (AvgIpc) is 3.28. The molecule has 0 spiro atoms. The van der Waals surface area contributed by atoms with Crippen molar-refractivity contribution in [3.8, 4) is 11.1 Å². The topological polar surface area (TPSA) is 85.4 Å². The number of fused-ring (bicyclic) bond motifs is 1. The van der Waals surface area contributed by atoms with Gasteiger partial charge in [-0.15, -0.1) is 0 Å². The van der Waals surface area contributed by atoms with Crippen molar-refractivity contribution in [2.45, 2.75) is 45.2 Å². The summed E-state index contributed by atoms with van der Waals surface area (Å²) in [6.07, 6.45) is 2.48. The maximum Gasteiger partial charge on any atom is 0.407 e. The van der Waals surface area contributed by atoms with Gasteiger partial charge in [-0.1, -0.05) is 11.2 Å². The summed E-state index contributed by atoms with van der Waals surface area (Å²) in [5.41, 5.74) is 4.98. The zero-order valence-corrected chi connectivity index (χ0v) is 17.6. The number of amides is 1. The lowest BCUT2D eigenvalue weighted by molar-refractivity contribution is 0.112. The van der Waals surface area contributed by atoms with Crippen LogP contribution in [-0.2, 0) is 4.74 Å². The summed E-state index contributed by atoms with van der Waals surface area (Å²) < 4.78 is 12.8. The lowest BCUT2D eigenvalue weighted by Crippen LogP contribution is -2.38. The Balaban J connectivity index is 1.62. The molecule has 2 aliphatic rings. The van der Waals surface area contributed by atoms with Crippen LogP contribution >= 0.6 is 0 Å². The Morgan fingerprint density at radius 3 is 2.67 bits per heavy atom. The highest BCUT2D eigenvalue weighted by Gasteiger charge is 2.30. The largest absolute Gasteiger partial charge is 0.449 e. The molecule has 30 heavy (non-hydrogen) atoms. The summed E-state index contributed by atoms with van der Waals surface area (Å²) in [4.78, 5) is 19.3. The number of benzene rings is 1. The monoisotopic (exact) mass is 409 g/mol. The number of carbonyl (C=O) groups is 1. The normalized spacial score (nSPS) is 21.0. The predicted molar refractivity (Wildman–Crippen MR) is 112 cm³/mol. The Kier molecular flexibility index (Phi) is 4.73. The number of hydrogen-bond acceptors (Lipinski definition) is 6. The predicted octanol–water partition coefficient (Wildman–Crippen LogP) is 3.75. The van der Waals surface area contributed by atoms with Crippen molar-refractivity contribution in [1.29, 1.82) is 0 Å². The van der Waals surface area contributed by atoms with Crippen molar-refractivity contribution in [1.82, 2.24) is 24.9 Å². The lowest BCUT2D eigenvalue weighted by atomic mass is 10.0. The van der Waals surface area contributed by atoms with Gasteiger partial charge in [-0.25, -0.2) is 9.78 Å². The molecule has 0 saturated carbocycles. The van der Waals surface area contributed by atoms with E-state index >= 15 is 0 Å². The summed E-state index contributed by atoms with van der Waals surface area (Å²) in [6, 6.07) is 6.60. The third-order valence-electron chi connectivity index (χ3n) is 6.34. The molecule has 2 fully saturated rings. The Morgan fingerprint density at radius 1 is 1.17 bits per heavy atom. The molecule has 0 radical (unpaired) electrons. The van der Waals surface area contributed by atoms with Crippen molar-refractivity contribution in [3.05, 3.63) is 35.5 Å². The molecular weight excluding hydrogens is 382 g/mol. The fraction of sp³-hybridized carbons (Fsp3) is 0.500. The second-order valence-electron chi connectivity index (χ2n) is 8.40. The Hall–Kier alpha value is -2.87. The van der Waals surface area contributed by atoms with Crippen LogP contribution in [0.15, 0.2) is 22.7 Å². The van der Waals surface area contributed by atoms with Crippen LogP contribution in [0, 0.1) is 13.8 Å². The van der Waals surface area contributed by atoms with E-state index in [2.05, 4.69) is 45.2 Å². The van der Waals surface area contributed by atoms with Crippen LogP contribution < -0.4 is 5.32 Å². The minimum absolute atomic E-state index is 0.138. The molecule has 1 aromatic carbocycles. The van der Waals surface area contributed by atoms with Crippen LogP contribution in [0.1, 0.15) is 48.6 Å². The second-order valence-corrected chi connectivity index (χ2v) is 8.40. The SMILES string of the molecule is Cc1noc(C)c1-c1ccc2c(c1)nc([C@@H]1CCOC(=O)N1)n2C1CCN(C)CC1. The summed E-state index contributed by atoms with van der Waals surface area (Å²) in [7, 11) is 2.16. The smallest absolute Gasteiger partial charge is 0.407 e. The molecule has 0 aliphatic carbocycles. The van der Waals surface area contributed by atoms with E-state index in [9.17, 15) is 4.79 Å². The molecule has 0 unspecified atom stereocenters. The number of nitrogens with one attached hydrogen (secondary N) is 1. The maximum absolute atomic E-state index is 11.9. The Labute approximate surface area is 175 Å². The van der Waals surface area contributed by atoms with Crippen LogP contribution in [0.2, 0.25) is 0 Å². The van der Waals surface area contributed by atoms with Crippen LogP contribution in [-0.4, -0.2) is 52.4 Å². The maximum atomic E-state index is 11.9. The minimum atomic E-state index is -0.371. The quantitative estimate of drug-likeness (QED) is 0.709. The first-order valence-corrected chi connectivity index (χ1v) is 10.6. The molecule has 3 aromatic rings. The first kappa shape index (κ1) is 19.1. The number of aryl methyl sites for hydroxylation is 2. The fourth-order valence-electron chi connectivity index (χ4n) is 4.77. The van der Waals surface area contributed by atoms with Crippen molar-refractivity contribution in [2.75, 3.05) is 26.7 Å². The fourth-order valence-corrected chi connectivity index (χ4v) is 4.77. The number of alkyl carbamates (subject to hydrolysis) is 1. The van der Waals surface area contributed by atoms with E-state index in [1.807, 2.05) is 13.8 Å². The van der Waals surface area contributed by atoms with Gasteiger partial charge in [-0.2, -0.15) is 0 Å². The van der Waals surface area contributed by atoms with Crippen molar-refractivity contribution in [2.24, 2.45) is 0 Å². The number of ether oxygens (including phenoxy) is 1. The van der Waals surface area contributed by atoms with E-state index in [-0.39, 0.29) is 12.1 Å². The van der Waals surface area contributed by atoms with E-state index in [0.29, 0.717) is 12.6 Å². The van der Waals surface area contributed by atoms with Gasteiger partial charge in [0.25, 0.3) is 0 Å². The molecule has 2 aliphatic heterocycles. The zero-order chi connectivity index (χ0) is 20.8. The average molecular weight is 409 g/mol. The number of imidazole rings is 1. The highest BCUT2D eigenvalue weighted by molar-refractivity contribution is 5.84. The number of carbonyl (C=O) groups excluding carboxylic acids is 1. The van der Waals surface area contributed by atoms with Crippen LogP contribution in [0.5, 0.6) is 0 Å². The van der Waals surface area contributed by atoms with Gasteiger partial charge in [0.2, 0.25) is 0 Å². The molecule has 5 rings (SSSR count). The molecule has 8 nitrogen and oxygen atoms in total. The summed E-state index contributed by atoms with van der Waals surface area (Å²) in [5.74, 6) is 1.73. The van der Waals surface area contributed by atoms with Crippen molar-refractivity contribution >= 4 is 17.1 Å². The summed E-state index contributed by atoms with van der Waals surface area (Å²) >= 11 is 0. The van der Waals surface area contributed by atoms with E-state index in [0.717, 1.165) is 71.8 Å². The number of piperidine rings is 1. The van der Waals surface area contributed by atoms with Gasteiger partial charge >= 0.3 is 6.09 Å². The second kappa shape index (κ2) is 7.43. The van der Waals surface area contributed by atoms with Gasteiger partial charge in [0.05, 0.1) is 29.4 Å². The Morgan fingerprint density at radius 2 is 1.97 bits per heavy atom. The first-order chi connectivity index (χ1) is 14.5. The molecule has 1 N–H and O–H groups in total. The number of nitrogens with zero attached hydrogens (tertiary/aromatic N) is 4. The number of aromatic nitrogens is 3. The molecule has 2 aromatic heterocycles. The van der Waals surface area contributed by atoms with E-state index in [4.69, 9.17) is 14.2 Å². The summed E-state index contributed by atoms with van der Waals surface area (Å²) in [6.45, 7) is 6.41. The molecule has 4 heterocycles. The Bertz CT molecular complexity index is 1070. The van der Waals surface area contributed by atoms with Gasteiger partial charge in [-0.05, 0) is 64.5 Å². The number of hydrogen-bond donors (Lipinski definition) is 1. The van der Waals surface area contributed by atoms with Crippen LogP contribution in [0.25, 0.3) is 22.2 Å². The van der Waals surface area contributed by atoms with E-state index < -0.39 is 0 Å². The van der Waals surface area contributed by atoms with Crippen LogP contribution in [0.3, 0.4) is 0 Å². The molecular formula is C22H27N5O3. The zero-order valence-electron chi connectivity index (χ0n) is 17.6. The minimum Gasteiger partial charge on any atom is -0.449 e. The van der Waals surface area contributed by atoms with Gasteiger partial charge in [0, 0.05) is 18.0 Å². The number of likely N-dealkylation sites (tertiary alicyclic amines) is 1. The molecule has 8 heteroatoms. The molecule has 1 atom stereocenters. The summed E-state index contributed by atoms with van der Waals surface area (Å²) in [5, 5.41) is 7.05. The number of rotatable bonds is 3.